The molecule has 0 atom stereocenters. The lowest BCUT2D eigenvalue weighted by Gasteiger charge is -2.07. The fraction of sp³-hybridized carbons (Fsp3) is 0.176. The molecule has 0 aliphatic rings. The van der Waals surface area contributed by atoms with Gasteiger partial charge in [-0.15, -0.1) is 0 Å². The summed E-state index contributed by atoms with van der Waals surface area (Å²) in [6.07, 6.45) is 0.213. The van der Waals surface area contributed by atoms with Crippen LogP contribution in [-0.4, -0.2) is 25.5 Å². The number of methoxy groups -OCH3 is 1. The highest BCUT2D eigenvalue weighted by molar-refractivity contribution is 5.95. The van der Waals surface area contributed by atoms with Crippen LogP contribution in [0, 0.1) is 0 Å². The summed E-state index contributed by atoms with van der Waals surface area (Å²) in [6.45, 7) is 0.273. The lowest BCUT2D eigenvalue weighted by Crippen LogP contribution is -2.27. The number of hydrogen-bond acceptors (Lipinski definition) is 3. The van der Waals surface area contributed by atoms with Crippen LogP contribution in [0.15, 0.2) is 54.6 Å². The zero-order chi connectivity index (χ0) is 15.8. The fourth-order valence-corrected chi connectivity index (χ4v) is 1.90. The second kappa shape index (κ2) is 7.83. The van der Waals surface area contributed by atoms with Gasteiger partial charge in [0.05, 0.1) is 7.11 Å². The number of carbonyl (C=O) groups is 2. The van der Waals surface area contributed by atoms with Crippen LogP contribution in [0.4, 0.5) is 5.69 Å². The van der Waals surface area contributed by atoms with E-state index in [1.165, 1.54) is 0 Å². The van der Waals surface area contributed by atoms with E-state index in [0.717, 1.165) is 5.69 Å². The Hall–Kier alpha value is -2.82. The van der Waals surface area contributed by atoms with Gasteiger partial charge in [-0.25, -0.2) is 0 Å². The van der Waals surface area contributed by atoms with Crippen molar-refractivity contribution < 1.29 is 14.3 Å². The topological polar surface area (TPSA) is 67.4 Å². The number of para-hydroxylation sites is 1. The molecule has 0 saturated carbocycles. The fourth-order valence-electron chi connectivity index (χ4n) is 1.90. The van der Waals surface area contributed by atoms with Crippen LogP contribution in [0.1, 0.15) is 16.8 Å². The average molecular weight is 298 g/mol. The van der Waals surface area contributed by atoms with E-state index in [1.807, 2.05) is 30.3 Å². The average Bonchev–Trinajstić information content (AvgIpc) is 2.55. The van der Waals surface area contributed by atoms with Gasteiger partial charge in [-0.3, -0.25) is 9.59 Å². The Balaban J connectivity index is 1.78. The molecule has 0 heterocycles. The number of hydrogen-bond donors (Lipinski definition) is 2. The molecule has 0 aromatic heterocycles. The zero-order valence-electron chi connectivity index (χ0n) is 12.3. The van der Waals surface area contributed by atoms with Crippen LogP contribution in [0.3, 0.4) is 0 Å². The molecule has 0 saturated heterocycles. The molecule has 2 amide bonds. The molecule has 2 rings (SSSR count). The van der Waals surface area contributed by atoms with Crippen LogP contribution in [-0.2, 0) is 4.79 Å². The van der Waals surface area contributed by atoms with E-state index < -0.39 is 0 Å². The quantitative estimate of drug-likeness (QED) is 0.861. The molecule has 0 unspecified atom stereocenters. The third-order valence-corrected chi connectivity index (χ3v) is 3.03. The van der Waals surface area contributed by atoms with Crippen molar-refractivity contribution in [1.29, 1.82) is 0 Å². The molecule has 114 valence electrons. The van der Waals surface area contributed by atoms with Gasteiger partial charge in [0.15, 0.2) is 0 Å². The smallest absolute Gasteiger partial charge is 0.251 e. The number of anilines is 1. The molecule has 5 heteroatoms. The summed E-state index contributed by atoms with van der Waals surface area (Å²) in [6, 6.07) is 16.1. The summed E-state index contributed by atoms with van der Waals surface area (Å²) in [5.74, 6) is 0.248. The summed E-state index contributed by atoms with van der Waals surface area (Å²) in [5.41, 5.74) is 1.24. The first-order valence-corrected chi connectivity index (χ1v) is 6.96. The molecule has 0 spiro atoms. The predicted molar refractivity (Wildman–Crippen MR) is 85.0 cm³/mol. The summed E-state index contributed by atoms with van der Waals surface area (Å²) in [4.78, 5) is 23.7. The van der Waals surface area contributed by atoms with Crippen molar-refractivity contribution in [3.63, 3.8) is 0 Å². The molecule has 5 nitrogen and oxygen atoms in total. The van der Waals surface area contributed by atoms with E-state index in [0.29, 0.717) is 11.3 Å². The van der Waals surface area contributed by atoms with Crippen molar-refractivity contribution in [2.75, 3.05) is 19.0 Å². The van der Waals surface area contributed by atoms with Gasteiger partial charge in [0.25, 0.3) is 5.91 Å². The van der Waals surface area contributed by atoms with Crippen molar-refractivity contribution in [1.82, 2.24) is 5.32 Å². The SMILES string of the molecule is COc1cccc(C(=O)NCCC(=O)Nc2ccccc2)c1. The van der Waals surface area contributed by atoms with Crippen LogP contribution in [0.2, 0.25) is 0 Å². The Morgan fingerprint density at radius 1 is 1.05 bits per heavy atom. The molecule has 0 aliphatic carbocycles. The second-order valence-corrected chi connectivity index (χ2v) is 4.65. The number of amides is 2. The van der Waals surface area contributed by atoms with E-state index in [2.05, 4.69) is 10.6 Å². The van der Waals surface area contributed by atoms with E-state index in [1.54, 1.807) is 31.4 Å². The Morgan fingerprint density at radius 3 is 2.55 bits per heavy atom. The third kappa shape index (κ3) is 4.63. The number of carbonyl (C=O) groups excluding carboxylic acids is 2. The summed E-state index contributed by atoms with van der Waals surface area (Å²) < 4.78 is 5.07. The normalized spacial score (nSPS) is 9.86. The summed E-state index contributed by atoms with van der Waals surface area (Å²) >= 11 is 0. The largest absolute Gasteiger partial charge is 0.497 e. The van der Waals surface area contributed by atoms with Crippen molar-refractivity contribution >= 4 is 17.5 Å². The van der Waals surface area contributed by atoms with Crippen LogP contribution in [0.25, 0.3) is 0 Å². The Labute approximate surface area is 129 Å². The first-order chi connectivity index (χ1) is 10.7. The lowest BCUT2D eigenvalue weighted by atomic mass is 10.2. The molecule has 0 aliphatic heterocycles. The summed E-state index contributed by atoms with van der Waals surface area (Å²) in [7, 11) is 1.55. The third-order valence-electron chi connectivity index (χ3n) is 3.03. The van der Waals surface area contributed by atoms with Crippen molar-refractivity contribution in [3.8, 4) is 5.75 Å². The number of ether oxygens (including phenoxy) is 1. The Bertz CT molecular complexity index is 641. The zero-order valence-corrected chi connectivity index (χ0v) is 12.3. The standard InChI is InChI=1S/C17H18N2O3/c1-22-15-9-5-6-13(12-15)17(21)18-11-10-16(20)19-14-7-3-2-4-8-14/h2-9,12H,10-11H2,1H3,(H,18,21)(H,19,20). The molecule has 2 aromatic rings. The molecular weight excluding hydrogens is 280 g/mol. The molecule has 0 bridgehead atoms. The molecule has 2 N–H and O–H groups in total. The number of benzene rings is 2. The van der Waals surface area contributed by atoms with E-state index >= 15 is 0 Å². The summed E-state index contributed by atoms with van der Waals surface area (Å²) in [5, 5.41) is 5.48. The molecule has 0 radical (unpaired) electrons. The molecular formula is C17H18N2O3. The van der Waals surface area contributed by atoms with Gasteiger partial charge < -0.3 is 15.4 Å². The van der Waals surface area contributed by atoms with Gasteiger partial charge in [-0.05, 0) is 30.3 Å². The highest BCUT2D eigenvalue weighted by atomic mass is 16.5. The van der Waals surface area contributed by atoms with E-state index in [9.17, 15) is 9.59 Å². The lowest BCUT2D eigenvalue weighted by molar-refractivity contribution is -0.116. The van der Waals surface area contributed by atoms with Crippen molar-refractivity contribution in [2.24, 2.45) is 0 Å². The van der Waals surface area contributed by atoms with Gasteiger partial charge in [-0.2, -0.15) is 0 Å². The molecule has 0 fully saturated rings. The Morgan fingerprint density at radius 2 is 1.82 bits per heavy atom. The highest BCUT2D eigenvalue weighted by Gasteiger charge is 2.07. The van der Waals surface area contributed by atoms with Crippen molar-refractivity contribution in [2.45, 2.75) is 6.42 Å². The van der Waals surface area contributed by atoms with Crippen LogP contribution in [0.5, 0.6) is 5.75 Å². The van der Waals surface area contributed by atoms with Gasteiger partial charge in [-0.1, -0.05) is 24.3 Å². The van der Waals surface area contributed by atoms with Crippen molar-refractivity contribution in [3.05, 3.63) is 60.2 Å². The van der Waals surface area contributed by atoms with Gasteiger partial charge in [0.2, 0.25) is 5.91 Å². The number of rotatable bonds is 6. The monoisotopic (exact) mass is 298 g/mol. The predicted octanol–water partition coefficient (Wildman–Crippen LogP) is 2.45. The minimum Gasteiger partial charge on any atom is -0.497 e. The highest BCUT2D eigenvalue weighted by Crippen LogP contribution is 2.12. The van der Waals surface area contributed by atoms with Crippen LogP contribution < -0.4 is 15.4 Å². The maximum Gasteiger partial charge on any atom is 0.251 e. The number of nitrogens with one attached hydrogen (secondary N) is 2. The maximum atomic E-state index is 12.0. The minimum atomic E-state index is -0.230. The first kappa shape index (κ1) is 15.6. The van der Waals surface area contributed by atoms with E-state index in [4.69, 9.17) is 4.74 Å². The van der Waals surface area contributed by atoms with Gasteiger partial charge in [0, 0.05) is 24.2 Å². The second-order valence-electron chi connectivity index (χ2n) is 4.65. The van der Waals surface area contributed by atoms with Crippen LogP contribution >= 0.6 is 0 Å². The van der Waals surface area contributed by atoms with Gasteiger partial charge in [0.1, 0.15) is 5.75 Å². The van der Waals surface area contributed by atoms with E-state index in [-0.39, 0.29) is 24.8 Å². The minimum absolute atomic E-state index is 0.142. The van der Waals surface area contributed by atoms with Gasteiger partial charge >= 0.3 is 0 Å². The first-order valence-electron chi connectivity index (χ1n) is 6.96. The maximum absolute atomic E-state index is 12.0. The Kier molecular flexibility index (Phi) is 5.54. The molecule has 2 aromatic carbocycles. The molecule has 22 heavy (non-hydrogen) atoms.